The first kappa shape index (κ1) is 10.4. The number of ketones is 1. The van der Waals surface area contributed by atoms with E-state index in [1.54, 1.807) is 0 Å². The fourth-order valence-corrected chi connectivity index (χ4v) is 1.88. The average molecular weight is 204 g/mol. The Kier molecular flexibility index (Phi) is 3.17. The van der Waals surface area contributed by atoms with Gasteiger partial charge in [0, 0.05) is 12.3 Å². The van der Waals surface area contributed by atoms with Gasteiger partial charge in [-0.3, -0.25) is 4.79 Å². The molecule has 2 nitrogen and oxygen atoms in total. The smallest absolute Gasteiger partial charge is 0.140 e. The highest BCUT2D eigenvalue weighted by Gasteiger charge is 2.22. The molecule has 0 unspecified atom stereocenters. The van der Waals surface area contributed by atoms with Gasteiger partial charge in [-0.15, -0.1) is 0 Å². The molecule has 2 heteroatoms. The Morgan fingerprint density at radius 3 is 2.73 bits per heavy atom. The zero-order valence-corrected chi connectivity index (χ0v) is 9.03. The summed E-state index contributed by atoms with van der Waals surface area (Å²) < 4.78 is 5.33. The average Bonchev–Trinajstić information content (AvgIpc) is 2.25. The third-order valence-corrected chi connectivity index (χ3v) is 2.87. The molecule has 0 spiro atoms. The molecule has 15 heavy (non-hydrogen) atoms. The molecule has 0 radical (unpaired) electrons. The van der Waals surface area contributed by atoms with Crippen molar-refractivity contribution in [2.24, 2.45) is 5.92 Å². The maximum atomic E-state index is 11.6. The first-order valence-electron chi connectivity index (χ1n) is 5.42. The van der Waals surface area contributed by atoms with Crippen LogP contribution in [-0.2, 0) is 16.0 Å². The second kappa shape index (κ2) is 4.58. The largest absolute Gasteiger partial charge is 0.380 e. The topological polar surface area (TPSA) is 26.3 Å². The molecule has 1 aromatic rings. The number of rotatable bonds is 2. The van der Waals surface area contributed by atoms with Crippen LogP contribution in [0.3, 0.4) is 0 Å². The van der Waals surface area contributed by atoms with Crippen LogP contribution in [0.25, 0.3) is 0 Å². The van der Waals surface area contributed by atoms with E-state index in [2.05, 4.69) is 31.2 Å². The Hall–Kier alpha value is -1.15. The van der Waals surface area contributed by atoms with Crippen molar-refractivity contribution in [3.63, 3.8) is 0 Å². The van der Waals surface area contributed by atoms with Gasteiger partial charge < -0.3 is 4.74 Å². The highest BCUT2D eigenvalue weighted by molar-refractivity contribution is 5.82. The van der Waals surface area contributed by atoms with Crippen LogP contribution in [0.2, 0.25) is 0 Å². The van der Waals surface area contributed by atoms with Gasteiger partial charge in [0.2, 0.25) is 0 Å². The molecule has 0 aliphatic carbocycles. The summed E-state index contributed by atoms with van der Waals surface area (Å²) >= 11 is 0. The van der Waals surface area contributed by atoms with Gasteiger partial charge in [0.15, 0.2) is 0 Å². The maximum Gasteiger partial charge on any atom is 0.140 e. The van der Waals surface area contributed by atoms with Gasteiger partial charge in [0.05, 0.1) is 13.2 Å². The highest BCUT2D eigenvalue weighted by Crippen LogP contribution is 2.16. The van der Waals surface area contributed by atoms with Gasteiger partial charge in [0.1, 0.15) is 5.78 Å². The third kappa shape index (κ3) is 2.66. The molecule has 1 aliphatic rings. The number of benzene rings is 1. The zero-order valence-electron chi connectivity index (χ0n) is 9.03. The van der Waals surface area contributed by atoms with Gasteiger partial charge >= 0.3 is 0 Å². The number of aryl methyl sites for hydroxylation is 1. The van der Waals surface area contributed by atoms with E-state index < -0.39 is 0 Å². The van der Waals surface area contributed by atoms with E-state index >= 15 is 0 Å². The van der Waals surface area contributed by atoms with E-state index in [9.17, 15) is 4.79 Å². The molecule has 2 rings (SSSR count). The van der Waals surface area contributed by atoms with Crippen LogP contribution in [0, 0.1) is 12.8 Å². The molecule has 1 fully saturated rings. The molecule has 0 bridgehead atoms. The second-order valence-electron chi connectivity index (χ2n) is 4.18. The summed E-state index contributed by atoms with van der Waals surface area (Å²) in [6.07, 6.45) is 1.40. The SMILES string of the molecule is Cc1ccc(C[C@H]2COCCC2=O)cc1. The lowest BCUT2D eigenvalue weighted by molar-refractivity contribution is -0.130. The minimum absolute atomic E-state index is 0.0708. The summed E-state index contributed by atoms with van der Waals surface area (Å²) in [5.41, 5.74) is 2.48. The summed E-state index contributed by atoms with van der Waals surface area (Å²) in [7, 11) is 0. The molecule has 1 heterocycles. The number of carbonyl (C=O) groups is 1. The fraction of sp³-hybridized carbons (Fsp3) is 0.462. The van der Waals surface area contributed by atoms with E-state index in [0.717, 1.165) is 6.42 Å². The van der Waals surface area contributed by atoms with Crippen molar-refractivity contribution < 1.29 is 9.53 Å². The van der Waals surface area contributed by atoms with Crippen LogP contribution in [0.1, 0.15) is 17.5 Å². The van der Waals surface area contributed by atoms with Crippen molar-refractivity contribution in [3.05, 3.63) is 35.4 Å². The van der Waals surface area contributed by atoms with E-state index in [1.165, 1.54) is 11.1 Å². The van der Waals surface area contributed by atoms with Crippen molar-refractivity contribution in [2.75, 3.05) is 13.2 Å². The first-order valence-corrected chi connectivity index (χ1v) is 5.42. The Morgan fingerprint density at radius 2 is 2.07 bits per heavy atom. The Balaban J connectivity index is 2.01. The normalized spacial score (nSPS) is 21.7. The number of Topliss-reactive ketones (excluding diaryl/α,β-unsaturated/α-hetero) is 1. The van der Waals surface area contributed by atoms with Gasteiger partial charge in [-0.25, -0.2) is 0 Å². The van der Waals surface area contributed by atoms with Crippen molar-refractivity contribution in [1.29, 1.82) is 0 Å². The minimum atomic E-state index is 0.0708. The molecule has 0 amide bonds. The van der Waals surface area contributed by atoms with Gasteiger partial charge in [-0.2, -0.15) is 0 Å². The van der Waals surface area contributed by atoms with Crippen LogP contribution < -0.4 is 0 Å². The lowest BCUT2D eigenvalue weighted by Crippen LogP contribution is -2.29. The summed E-state index contributed by atoms with van der Waals surface area (Å²) in [6, 6.07) is 8.36. The lowest BCUT2D eigenvalue weighted by Gasteiger charge is -2.20. The van der Waals surface area contributed by atoms with Crippen LogP contribution in [0.4, 0.5) is 0 Å². The number of hydrogen-bond acceptors (Lipinski definition) is 2. The second-order valence-corrected chi connectivity index (χ2v) is 4.18. The molecule has 80 valence electrons. The molecule has 0 N–H and O–H groups in total. The molecular formula is C13H16O2. The predicted octanol–water partition coefficient (Wildman–Crippen LogP) is 2.14. The van der Waals surface area contributed by atoms with Crippen LogP contribution in [-0.4, -0.2) is 19.0 Å². The van der Waals surface area contributed by atoms with E-state index in [-0.39, 0.29) is 5.92 Å². The van der Waals surface area contributed by atoms with Gasteiger partial charge in [0.25, 0.3) is 0 Å². The maximum absolute atomic E-state index is 11.6. The van der Waals surface area contributed by atoms with E-state index in [1.807, 2.05) is 0 Å². The van der Waals surface area contributed by atoms with E-state index in [0.29, 0.717) is 25.4 Å². The van der Waals surface area contributed by atoms with Gasteiger partial charge in [-0.1, -0.05) is 29.8 Å². The van der Waals surface area contributed by atoms with Crippen molar-refractivity contribution in [1.82, 2.24) is 0 Å². The molecule has 0 aromatic heterocycles. The zero-order chi connectivity index (χ0) is 10.7. The lowest BCUT2D eigenvalue weighted by atomic mass is 9.93. The van der Waals surface area contributed by atoms with Crippen molar-refractivity contribution in [3.8, 4) is 0 Å². The monoisotopic (exact) mass is 204 g/mol. The summed E-state index contributed by atoms with van der Waals surface area (Å²) in [4.78, 5) is 11.6. The quantitative estimate of drug-likeness (QED) is 0.737. The summed E-state index contributed by atoms with van der Waals surface area (Å²) in [6.45, 7) is 3.26. The summed E-state index contributed by atoms with van der Waals surface area (Å²) in [5, 5.41) is 0. The van der Waals surface area contributed by atoms with Crippen LogP contribution >= 0.6 is 0 Å². The molecule has 0 saturated carbocycles. The first-order chi connectivity index (χ1) is 7.25. The predicted molar refractivity (Wildman–Crippen MR) is 58.8 cm³/mol. The fourth-order valence-electron chi connectivity index (χ4n) is 1.88. The molecule has 1 atom stereocenters. The highest BCUT2D eigenvalue weighted by atomic mass is 16.5. The Labute approximate surface area is 90.3 Å². The van der Waals surface area contributed by atoms with Crippen molar-refractivity contribution >= 4 is 5.78 Å². The Bertz CT molecular complexity index is 340. The molecule has 1 aliphatic heterocycles. The summed E-state index contributed by atoms with van der Waals surface area (Å²) in [5.74, 6) is 0.420. The van der Waals surface area contributed by atoms with E-state index in [4.69, 9.17) is 4.74 Å². The molecule has 1 aromatic carbocycles. The number of ether oxygens (including phenoxy) is 1. The third-order valence-electron chi connectivity index (χ3n) is 2.87. The molecular weight excluding hydrogens is 188 g/mol. The minimum Gasteiger partial charge on any atom is -0.380 e. The molecule has 1 saturated heterocycles. The standard InChI is InChI=1S/C13H16O2/c1-10-2-4-11(5-3-10)8-12-9-15-7-6-13(12)14/h2-5,12H,6-9H2,1H3/t12-/m0/s1. The Morgan fingerprint density at radius 1 is 1.33 bits per heavy atom. The number of carbonyl (C=O) groups excluding carboxylic acids is 1. The van der Waals surface area contributed by atoms with Crippen LogP contribution in [0.15, 0.2) is 24.3 Å². The van der Waals surface area contributed by atoms with Crippen molar-refractivity contribution in [2.45, 2.75) is 19.8 Å². The number of hydrogen-bond donors (Lipinski definition) is 0. The van der Waals surface area contributed by atoms with Gasteiger partial charge in [-0.05, 0) is 18.9 Å². The van der Waals surface area contributed by atoms with Crippen LogP contribution in [0.5, 0.6) is 0 Å².